The lowest BCUT2D eigenvalue weighted by atomic mass is 9.43. The van der Waals surface area contributed by atoms with Gasteiger partial charge in [0.1, 0.15) is 0 Å². The Hall–Kier alpha value is -3.18. The van der Waals surface area contributed by atoms with Crippen molar-refractivity contribution in [3.8, 4) is 11.5 Å². The first-order valence-corrected chi connectivity index (χ1v) is 18.2. The first kappa shape index (κ1) is 37.1. The van der Waals surface area contributed by atoms with Crippen LogP contribution in [-0.4, -0.2) is 59.8 Å². The van der Waals surface area contributed by atoms with Crippen molar-refractivity contribution in [3.05, 3.63) is 40.0 Å². The average Bonchev–Trinajstić information content (AvgIpc) is 3.42. The minimum Gasteiger partial charge on any atom is -0.493 e. The molecule has 2 N–H and O–H groups in total. The summed E-state index contributed by atoms with van der Waals surface area (Å²) in [5.41, 5.74) is 1.02. The van der Waals surface area contributed by atoms with Crippen molar-refractivity contribution in [2.45, 2.75) is 110 Å². The molecule has 0 radical (unpaired) electrons. The lowest BCUT2D eigenvalue weighted by molar-refractivity contribution is -0.757. The van der Waals surface area contributed by atoms with Gasteiger partial charge in [-0.25, -0.2) is 4.79 Å². The van der Waals surface area contributed by atoms with Gasteiger partial charge in [0.05, 0.1) is 32.5 Å². The fourth-order valence-electron chi connectivity index (χ4n) is 10.5. The van der Waals surface area contributed by atoms with Gasteiger partial charge in [-0.1, -0.05) is 26.8 Å². The second-order valence-corrected chi connectivity index (χ2v) is 15.6. The number of fused-ring (bicyclic) bond motifs is 5. The van der Waals surface area contributed by atoms with E-state index in [-0.39, 0.29) is 42.2 Å². The Kier molecular flexibility index (Phi) is 12.0. The maximum atomic E-state index is 13.0. The summed E-state index contributed by atoms with van der Waals surface area (Å²) < 4.78 is 16.3. The zero-order chi connectivity index (χ0) is 35.3. The van der Waals surface area contributed by atoms with E-state index in [0.717, 1.165) is 57.8 Å². The number of carbonyl (C=O) groups is 2. The molecule has 0 aromatic heterocycles. The van der Waals surface area contributed by atoms with Crippen LogP contribution in [0.2, 0.25) is 0 Å². The highest BCUT2D eigenvalue weighted by Crippen LogP contribution is 2.68. The number of hydrogen-bond donors (Lipinski definition) is 2. The number of aliphatic hydroxyl groups is 2. The van der Waals surface area contributed by atoms with Crippen LogP contribution in [0.25, 0.3) is 6.08 Å². The van der Waals surface area contributed by atoms with E-state index in [0.29, 0.717) is 71.8 Å². The van der Waals surface area contributed by atoms with Gasteiger partial charge in [0.25, 0.3) is 5.09 Å². The predicted octanol–water partition coefficient (Wildman–Crippen LogP) is 6.55. The molecule has 10 atom stereocenters. The molecule has 0 heterocycles. The molecule has 1 aromatic rings. The number of rotatable bonds is 14. The summed E-state index contributed by atoms with van der Waals surface area (Å²) in [6, 6.07) is 5.05. The number of aliphatic hydroxyl groups excluding tert-OH is 2. The Bertz CT molecular complexity index is 1370. The van der Waals surface area contributed by atoms with Gasteiger partial charge in [0.2, 0.25) is 0 Å². The van der Waals surface area contributed by atoms with Crippen LogP contribution in [0.1, 0.15) is 103 Å². The molecule has 4 fully saturated rings. The molecule has 0 spiro atoms. The van der Waals surface area contributed by atoms with Gasteiger partial charge >= 0.3 is 11.9 Å². The largest absolute Gasteiger partial charge is 0.493 e. The zero-order valence-corrected chi connectivity index (χ0v) is 29.5. The third-order valence-corrected chi connectivity index (χ3v) is 13.0. The van der Waals surface area contributed by atoms with Gasteiger partial charge in [-0.3, -0.25) is 4.79 Å². The normalized spacial score (nSPS) is 34.3. The Balaban J connectivity index is 1.11. The standard InChI is InChI=1S/C38H55NO10/c1-24(28-10-11-29-36-30(16-18-38(28,29)3)37(2)17-15-27(40)22-26(37)23-31(36)41)7-13-35(43)49-32-12-8-25(21-33(32)46-4)9-14-34(42)47-19-5-6-20-48-39(44)45/h8-9,12,14,21,24,26-31,36,40-41H,5-7,10-11,13,15-20,22-23H2,1-4H3/b14-9+/t24?,26?,27-,28-,29?,30?,31?,36?,37?,38?/m1/s1. The van der Waals surface area contributed by atoms with Crippen molar-refractivity contribution in [1.29, 1.82) is 0 Å². The highest BCUT2D eigenvalue weighted by molar-refractivity contribution is 5.87. The summed E-state index contributed by atoms with van der Waals surface area (Å²) >= 11 is 0. The van der Waals surface area contributed by atoms with Crippen molar-refractivity contribution >= 4 is 18.0 Å². The first-order valence-electron chi connectivity index (χ1n) is 18.2. The van der Waals surface area contributed by atoms with Crippen molar-refractivity contribution in [1.82, 2.24) is 0 Å². The van der Waals surface area contributed by atoms with Crippen molar-refractivity contribution < 1.29 is 43.9 Å². The Morgan fingerprint density at radius 3 is 2.51 bits per heavy atom. The number of benzene rings is 1. The molecule has 11 nitrogen and oxygen atoms in total. The number of methoxy groups -OCH3 is 1. The summed E-state index contributed by atoms with van der Waals surface area (Å²) in [5.74, 6) is 2.41. The van der Waals surface area contributed by atoms with Gasteiger partial charge in [0, 0.05) is 12.5 Å². The molecule has 5 rings (SSSR count). The molecule has 1 aromatic carbocycles. The van der Waals surface area contributed by atoms with E-state index in [1.807, 2.05) is 0 Å². The minimum absolute atomic E-state index is 0.0447. The maximum Gasteiger partial charge on any atom is 0.330 e. The van der Waals surface area contributed by atoms with Gasteiger partial charge in [0.15, 0.2) is 11.5 Å². The minimum atomic E-state index is -0.853. The van der Waals surface area contributed by atoms with Crippen LogP contribution in [-0.2, 0) is 19.2 Å². The molecule has 11 heteroatoms. The molecule has 49 heavy (non-hydrogen) atoms. The monoisotopic (exact) mass is 685 g/mol. The summed E-state index contributed by atoms with van der Waals surface area (Å²) in [4.78, 5) is 39.4. The second-order valence-electron chi connectivity index (χ2n) is 15.6. The number of unbranched alkanes of at least 4 members (excludes halogenated alkanes) is 1. The van der Waals surface area contributed by atoms with E-state index in [1.165, 1.54) is 13.2 Å². The molecule has 0 saturated heterocycles. The van der Waals surface area contributed by atoms with Gasteiger partial charge < -0.3 is 29.3 Å². The predicted molar refractivity (Wildman–Crippen MR) is 182 cm³/mol. The Morgan fingerprint density at radius 2 is 1.76 bits per heavy atom. The van der Waals surface area contributed by atoms with Crippen LogP contribution in [0.5, 0.6) is 11.5 Å². The molecule has 0 amide bonds. The zero-order valence-electron chi connectivity index (χ0n) is 29.5. The fourth-order valence-corrected chi connectivity index (χ4v) is 10.5. The fraction of sp³-hybridized carbons (Fsp3) is 0.737. The summed E-state index contributed by atoms with van der Waals surface area (Å²) in [7, 11) is 1.49. The van der Waals surface area contributed by atoms with Gasteiger partial charge in [-0.2, -0.15) is 0 Å². The lowest BCUT2D eigenvalue weighted by Crippen LogP contribution is -2.58. The van der Waals surface area contributed by atoms with Gasteiger partial charge in [-0.15, -0.1) is 10.1 Å². The van der Waals surface area contributed by atoms with Gasteiger partial charge in [-0.05, 0) is 141 Å². The molecule has 4 aliphatic rings. The maximum absolute atomic E-state index is 13.0. The van der Waals surface area contributed by atoms with E-state index in [4.69, 9.17) is 14.2 Å². The third-order valence-electron chi connectivity index (χ3n) is 13.0. The lowest BCUT2D eigenvalue weighted by Gasteiger charge is -2.62. The summed E-state index contributed by atoms with van der Waals surface area (Å²) in [6.45, 7) is 7.24. The average molecular weight is 686 g/mol. The highest BCUT2D eigenvalue weighted by atomic mass is 16.9. The molecule has 4 aliphatic carbocycles. The van der Waals surface area contributed by atoms with E-state index in [9.17, 15) is 29.9 Å². The number of esters is 2. The topological polar surface area (TPSA) is 155 Å². The van der Waals surface area contributed by atoms with E-state index >= 15 is 0 Å². The van der Waals surface area contributed by atoms with Crippen LogP contribution in [0.15, 0.2) is 24.3 Å². The van der Waals surface area contributed by atoms with Crippen LogP contribution < -0.4 is 9.47 Å². The van der Waals surface area contributed by atoms with Crippen LogP contribution >= 0.6 is 0 Å². The van der Waals surface area contributed by atoms with Crippen LogP contribution in [0, 0.1) is 56.5 Å². The molecule has 8 unspecified atom stereocenters. The van der Waals surface area contributed by atoms with Crippen molar-refractivity contribution in [3.63, 3.8) is 0 Å². The van der Waals surface area contributed by atoms with Crippen molar-refractivity contribution in [2.75, 3.05) is 20.3 Å². The molecular formula is C38H55NO10. The number of ether oxygens (including phenoxy) is 3. The van der Waals surface area contributed by atoms with Crippen molar-refractivity contribution in [2.24, 2.45) is 46.3 Å². The third kappa shape index (κ3) is 8.25. The summed E-state index contributed by atoms with van der Waals surface area (Å²) in [5, 5.41) is 31.2. The number of carbonyl (C=O) groups excluding carboxylic acids is 2. The molecular weight excluding hydrogens is 630 g/mol. The first-order chi connectivity index (χ1) is 23.4. The number of hydrogen-bond acceptors (Lipinski definition) is 10. The van der Waals surface area contributed by atoms with Crippen LogP contribution in [0.3, 0.4) is 0 Å². The molecule has 272 valence electrons. The second kappa shape index (κ2) is 15.8. The Labute approximate surface area is 289 Å². The smallest absolute Gasteiger partial charge is 0.330 e. The number of nitrogens with zero attached hydrogens (tertiary/aromatic N) is 1. The molecule has 0 aliphatic heterocycles. The Morgan fingerprint density at radius 1 is 1.02 bits per heavy atom. The van der Waals surface area contributed by atoms with E-state index in [1.54, 1.807) is 24.3 Å². The highest BCUT2D eigenvalue weighted by Gasteiger charge is 2.62. The molecule has 4 saturated carbocycles. The SMILES string of the molecule is COc1cc(/C=C/C(=O)OCCCCO[N+](=O)[O-])ccc1OC(=O)CCC(C)[C@H]1CCC2C3C(O)CC4C[C@H](O)CCC4(C)C3CCC21C. The summed E-state index contributed by atoms with van der Waals surface area (Å²) in [6.07, 6.45) is 12.3. The quantitative estimate of drug-likeness (QED) is 0.0550. The van der Waals surface area contributed by atoms with E-state index in [2.05, 4.69) is 25.6 Å². The molecule has 0 bridgehead atoms. The van der Waals surface area contributed by atoms with Crippen LogP contribution in [0.4, 0.5) is 0 Å². The van der Waals surface area contributed by atoms with E-state index < -0.39 is 11.1 Å².